The molecule has 0 fully saturated rings. The Morgan fingerprint density at radius 2 is 1.56 bits per heavy atom. The lowest BCUT2D eigenvalue weighted by atomic mass is 9.87. The third-order valence-corrected chi connectivity index (χ3v) is 7.10. The molecule has 32 heavy (non-hydrogen) atoms. The van der Waals surface area contributed by atoms with Gasteiger partial charge < -0.3 is 4.74 Å². The first-order valence-electron chi connectivity index (χ1n) is 10.4. The molecule has 3 aromatic rings. The molecular weight excluding hydrogens is 422 g/mol. The van der Waals surface area contributed by atoms with E-state index in [1.54, 1.807) is 24.3 Å². The van der Waals surface area contributed by atoms with Crippen LogP contribution in [0.4, 0.5) is 5.69 Å². The van der Waals surface area contributed by atoms with E-state index in [9.17, 15) is 13.2 Å². The number of aryl methyl sites for hydroxylation is 1. The van der Waals surface area contributed by atoms with Crippen LogP contribution in [0, 0.1) is 6.92 Å². The quantitative estimate of drug-likeness (QED) is 0.466. The molecule has 0 aromatic heterocycles. The topological polar surface area (TPSA) is 63.7 Å². The Bertz CT molecular complexity index is 1190. The third-order valence-electron chi connectivity index (χ3n) is 5.32. The summed E-state index contributed by atoms with van der Waals surface area (Å²) >= 11 is 0. The van der Waals surface area contributed by atoms with Crippen molar-refractivity contribution in [1.82, 2.24) is 0 Å². The van der Waals surface area contributed by atoms with Gasteiger partial charge in [-0.1, -0.05) is 68.8 Å². The summed E-state index contributed by atoms with van der Waals surface area (Å²) in [5, 5.41) is 0. The highest BCUT2D eigenvalue weighted by atomic mass is 32.2. The van der Waals surface area contributed by atoms with Gasteiger partial charge >= 0.3 is 5.97 Å². The van der Waals surface area contributed by atoms with E-state index >= 15 is 0 Å². The molecule has 0 atom stereocenters. The number of rotatable bonds is 6. The molecule has 0 aliphatic heterocycles. The van der Waals surface area contributed by atoms with Crippen LogP contribution in [0.3, 0.4) is 0 Å². The Hall–Kier alpha value is -3.12. The van der Waals surface area contributed by atoms with Gasteiger partial charge in [0, 0.05) is 7.05 Å². The smallest absolute Gasteiger partial charge is 0.338 e. The van der Waals surface area contributed by atoms with Crippen molar-refractivity contribution in [3.63, 3.8) is 0 Å². The fourth-order valence-corrected chi connectivity index (χ4v) is 4.41. The summed E-state index contributed by atoms with van der Waals surface area (Å²) in [4.78, 5) is 12.6. The van der Waals surface area contributed by atoms with Crippen molar-refractivity contribution in [2.45, 2.75) is 44.6 Å². The number of carbonyl (C=O) groups is 1. The summed E-state index contributed by atoms with van der Waals surface area (Å²) in [5.41, 5.74) is 3.89. The van der Waals surface area contributed by atoms with Crippen molar-refractivity contribution in [2.75, 3.05) is 11.4 Å². The predicted molar refractivity (Wildman–Crippen MR) is 127 cm³/mol. The molecule has 168 valence electrons. The first-order valence-corrected chi connectivity index (χ1v) is 11.8. The van der Waals surface area contributed by atoms with Crippen molar-refractivity contribution >= 4 is 21.7 Å². The van der Waals surface area contributed by atoms with Crippen molar-refractivity contribution < 1.29 is 17.9 Å². The van der Waals surface area contributed by atoms with Crippen LogP contribution in [-0.4, -0.2) is 21.4 Å². The summed E-state index contributed by atoms with van der Waals surface area (Å²) in [6.07, 6.45) is 0. The fourth-order valence-electron chi connectivity index (χ4n) is 3.17. The largest absolute Gasteiger partial charge is 0.457 e. The Morgan fingerprint density at radius 3 is 2.16 bits per heavy atom. The second-order valence-corrected chi connectivity index (χ2v) is 10.8. The average molecular weight is 452 g/mol. The number of benzene rings is 3. The number of nitrogens with zero attached hydrogens (tertiary/aromatic N) is 1. The maximum absolute atomic E-state index is 13.1. The molecule has 0 N–H and O–H groups in total. The highest BCUT2D eigenvalue weighted by molar-refractivity contribution is 7.92. The molecule has 0 heterocycles. The number of sulfonamides is 1. The normalized spacial score (nSPS) is 11.8. The first kappa shape index (κ1) is 23.5. The van der Waals surface area contributed by atoms with Crippen molar-refractivity contribution in [2.24, 2.45) is 0 Å². The van der Waals surface area contributed by atoms with E-state index in [4.69, 9.17) is 4.74 Å². The lowest BCUT2D eigenvalue weighted by Gasteiger charge is -2.20. The van der Waals surface area contributed by atoms with Gasteiger partial charge in [-0.15, -0.1) is 0 Å². The van der Waals surface area contributed by atoms with Gasteiger partial charge in [-0.25, -0.2) is 13.2 Å². The average Bonchev–Trinajstić information content (AvgIpc) is 2.77. The van der Waals surface area contributed by atoms with E-state index in [1.807, 2.05) is 43.3 Å². The van der Waals surface area contributed by atoms with Crippen LogP contribution in [-0.2, 0) is 26.8 Å². The first-order chi connectivity index (χ1) is 15.0. The van der Waals surface area contributed by atoms with E-state index in [-0.39, 0.29) is 22.5 Å². The van der Waals surface area contributed by atoms with Crippen molar-refractivity contribution in [3.8, 4) is 0 Å². The minimum absolute atomic E-state index is 0.0320. The molecule has 0 amide bonds. The predicted octanol–water partition coefficient (Wildman–Crippen LogP) is 5.47. The van der Waals surface area contributed by atoms with Crippen LogP contribution in [0.25, 0.3) is 0 Å². The number of carbonyl (C=O) groups excluding carboxylic acids is 1. The van der Waals surface area contributed by atoms with Crippen LogP contribution < -0.4 is 4.31 Å². The SMILES string of the molecule is Cc1ccc(N(C)S(=O)(=O)c2cccc(C(=O)OCc3ccc(C(C)(C)C)cc3)c2)cc1. The maximum atomic E-state index is 13.1. The fraction of sp³-hybridized carbons (Fsp3) is 0.269. The number of anilines is 1. The van der Waals surface area contributed by atoms with Crippen LogP contribution in [0.1, 0.15) is 47.8 Å². The van der Waals surface area contributed by atoms with E-state index in [0.29, 0.717) is 5.69 Å². The number of hydrogen-bond donors (Lipinski definition) is 0. The lowest BCUT2D eigenvalue weighted by Crippen LogP contribution is -2.26. The zero-order valence-electron chi connectivity index (χ0n) is 19.1. The van der Waals surface area contributed by atoms with Gasteiger partial charge in [0.05, 0.1) is 16.1 Å². The molecule has 0 aliphatic carbocycles. The van der Waals surface area contributed by atoms with Gasteiger partial charge in [0.2, 0.25) is 0 Å². The molecule has 3 aromatic carbocycles. The molecule has 0 aliphatic rings. The maximum Gasteiger partial charge on any atom is 0.338 e. The van der Waals surface area contributed by atoms with E-state index < -0.39 is 16.0 Å². The van der Waals surface area contributed by atoms with Gasteiger partial charge in [-0.3, -0.25) is 4.31 Å². The monoisotopic (exact) mass is 451 g/mol. The summed E-state index contributed by atoms with van der Waals surface area (Å²) in [6.45, 7) is 8.47. The van der Waals surface area contributed by atoms with E-state index in [0.717, 1.165) is 11.1 Å². The van der Waals surface area contributed by atoms with Gasteiger partial charge in [-0.2, -0.15) is 0 Å². The zero-order chi connectivity index (χ0) is 23.5. The molecule has 5 nitrogen and oxygen atoms in total. The molecule has 0 saturated carbocycles. The second kappa shape index (κ2) is 9.17. The van der Waals surface area contributed by atoms with Crippen LogP contribution in [0.15, 0.2) is 77.7 Å². The van der Waals surface area contributed by atoms with Crippen LogP contribution in [0.2, 0.25) is 0 Å². The molecule has 6 heteroatoms. The van der Waals surface area contributed by atoms with Gasteiger partial charge in [0.15, 0.2) is 0 Å². The number of hydrogen-bond acceptors (Lipinski definition) is 4. The van der Waals surface area contributed by atoms with Gasteiger partial charge in [-0.05, 0) is 53.8 Å². The molecule has 0 radical (unpaired) electrons. The minimum atomic E-state index is -3.82. The molecule has 3 rings (SSSR count). The van der Waals surface area contributed by atoms with Gasteiger partial charge in [0.25, 0.3) is 10.0 Å². The van der Waals surface area contributed by atoms with Crippen LogP contribution >= 0.6 is 0 Å². The number of esters is 1. The Kier molecular flexibility index (Phi) is 6.74. The van der Waals surface area contributed by atoms with Crippen molar-refractivity contribution in [1.29, 1.82) is 0 Å². The molecule has 0 unspecified atom stereocenters. The zero-order valence-corrected chi connectivity index (χ0v) is 19.9. The summed E-state index contributed by atoms with van der Waals surface area (Å²) < 4.78 is 32.7. The molecule has 0 spiro atoms. The minimum Gasteiger partial charge on any atom is -0.457 e. The summed E-state index contributed by atoms with van der Waals surface area (Å²) in [5.74, 6) is -0.570. The Morgan fingerprint density at radius 1 is 0.938 bits per heavy atom. The standard InChI is InChI=1S/C26H29NO4S/c1-19-9-15-23(16-10-19)27(5)32(29,30)24-8-6-7-21(17-24)25(28)31-18-20-11-13-22(14-12-20)26(2,3)4/h6-17H,18H2,1-5H3. The van der Waals surface area contributed by atoms with E-state index in [1.165, 1.54) is 29.0 Å². The lowest BCUT2D eigenvalue weighted by molar-refractivity contribution is 0.0472. The third kappa shape index (κ3) is 5.37. The Balaban J connectivity index is 1.73. The van der Waals surface area contributed by atoms with E-state index in [2.05, 4.69) is 20.8 Å². The van der Waals surface area contributed by atoms with Gasteiger partial charge in [0.1, 0.15) is 6.61 Å². The van der Waals surface area contributed by atoms with Crippen molar-refractivity contribution in [3.05, 3.63) is 95.1 Å². The highest BCUT2D eigenvalue weighted by Crippen LogP contribution is 2.24. The molecule has 0 bridgehead atoms. The Labute approximate surface area is 190 Å². The summed E-state index contributed by atoms with van der Waals surface area (Å²) in [6, 6.07) is 21.0. The summed E-state index contributed by atoms with van der Waals surface area (Å²) in [7, 11) is -2.33. The molecule has 0 saturated heterocycles. The number of ether oxygens (including phenoxy) is 1. The second-order valence-electron chi connectivity index (χ2n) is 8.86. The highest BCUT2D eigenvalue weighted by Gasteiger charge is 2.23. The molecular formula is C26H29NO4S. The van der Waals surface area contributed by atoms with Crippen LogP contribution in [0.5, 0.6) is 0 Å².